The lowest BCUT2D eigenvalue weighted by Crippen LogP contribution is -2.18. The van der Waals surface area contributed by atoms with Gasteiger partial charge in [-0.3, -0.25) is 20.0 Å². The van der Waals surface area contributed by atoms with Gasteiger partial charge in [0.2, 0.25) is 0 Å². The Labute approximate surface area is 165 Å². The molecule has 4 aromatic rings. The van der Waals surface area contributed by atoms with Crippen molar-refractivity contribution in [1.82, 2.24) is 15.6 Å². The van der Waals surface area contributed by atoms with Crippen LogP contribution < -0.4 is 5.43 Å². The van der Waals surface area contributed by atoms with Crippen molar-refractivity contribution >= 4 is 28.6 Å². The Morgan fingerprint density at radius 2 is 1.86 bits per heavy atom. The number of nitrogens with zero attached hydrogens (tertiary/aromatic N) is 3. The molecule has 1 amide bonds. The van der Waals surface area contributed by atoms with Gasteiger partial charge in [0.05, 0.1) is 16.8 Å². The number of nitrogens with one attached hydrogen (secondary N) is 2. The molecule has 0 aliphatic carbocycles. The van der Waals surface area contributed by atoms with Crippen LogP contribution in [0.15, 0.2) is 77.9 Å². The minimum Gasteiger partial charge on any atom is -0.272 e. The zero-order valence-corrected chi connectivity index (χ0v) is 15.1. The largest absolute Gasteiger partial charge is 0.289 e. The molecule has 0 fully saturated rings. The Hall–Kier alpha value is -4.33. The lowest BCUT2D eigenvalue weighted by molar-refractivity contribution is -0.384. The number of nitro groups is 1. The lowest BCUT2D eigenvalue weighted by atomic mass is 10.1. The average molecular weight is 385 g/mol. The van der Waals surface area contributed by atoms with Crippen LogP contribution in [0.5, 0.6) is 0 Å². The number of benzene rings is 3. The van der Waals surface area contributed by atoms with Crippen molar-refractivity contribution in [2.45, 2.75) is 0 Å². The number of rotatable bonds is 5. The maximum Gasteiger partial charge on any atom is 0.289 e. The fourth-order valence-electron chi connectivity index (χ4n) is 2.95. The number of carbonyl (C=O) groups is 1. The minimum atomic E-state index is -0.480. The van der Waals surface area contributed by atoms with E-state index < -0.39 is 10.8 Å². The smallest absolute Gasteiger partial charge is 0.272 e. The molecule has 0 saturated heterocycles. The summed E-state index contributed by atoms with van der Waals surface area (Å²) in [6.07, 6.45) is 1.58. The molecule has 8 nitrogen and oxygen atoms in total. The van der Waals surface area contributed by atoms with Crippen LogP contribution in [-0.2, 0) is 0 Å². The highest BCUT2D eigenvalue weighted by Gasteiger charge is 2.13. The second kappa shape index (κ2) is 7.73. The number of aromatic nitrogens is 2. The Morgan fingerprint density at radius 3 is 2.72 bits per heavy atom. The van der Waals surface area contributed by atoms with Crippen LogP contribution in [0.4, 0.5) is 5.69 Å². The van der Waals surface area contributed by atoms with E-state index in [1.54, 1.807) is 18.3 Å². The Kier molecular flexibility index (Phi) is 4.81. The molecule has 2 N–H and O–H groups in total. The summed E-state index contributed by atoms with van der Waals surface area (Å²) in [5, 5.41) is 23.7. The minimum absolute atomic E-state index is 0.0452. The van der Waals surface area contributed by atoms with Crippen molar-refractivity contribution < 1.29 is 9.72 Å². The number of hydrazone groups is 1. The summed E-state index contributed by atoms with van der Waals surface area (Å²) in [7, 11) is 0. The van der Waals surface area contributed by atoms with E-state index in [2.05, 4.69) is 20.7 Å². The van der Waals surface area contributed by atoms with Gasteiger partial charge in [0.15, 0.2) is 0 Å². The van der Waals surface area contributed by atoms with Crippen molar-refractivity contribution in [2.24, 2.45) is 5.10 Å². The van der Waals surface area contributed by atoms with E-state index in [1.807, 2.05) is 42.5 Å². The van der Waals surface area contributed by atoms with Crippen molar-refractivity contribution in [3.8, 4) is 11.3 Å². The SMILES string of the molecule is O=C(N/N=C\c1cccc2ccccc12)c1cc(-c2cccc([N+](=O)[O-])c2)n[nH]1. The van der Waals surface area contributed by atoms with Gasteiger partial charge in [-0.2, -0.15) is 10.2 Å². The van der Waals surface area contributed by atoms with Gasteiger partial charge in [0.1, 0.15) is 5.69 Å². The summed E-state index contributed by atoms with van der Waals surface area (Å²) in [5.74, 6) is -0.467. The van der Waals surface area contributed by atoms with Gasteiger partial charge in [0.25, 0.3) is 11.6 Å². The molecule has 0 atom stereocenters. The van der Waals surface area contributed by atoms with Crippen LogP contribution in [0, 0.1) is 10.1 Å². The second-order valence-corrected chi connectivity index (χ2v) is 6.24. The molecule has 142 valence electrons. The zero-order chi connectivity index (χ0) is 20.2. The van der Waals surface area contributed by atoms with Gasteiger partial charge in [-0.15, -0.1) is 0 Å². The third kappa shape index (κ3) is 3.86. The zero-order valence-electron chi connectivity index (χ0n) is 15.1. The molecule has 0 spiro atoms. The van der Waals surface area contributed by atoms with Crippen LogP contribution in [0.2, 0.25) is 0 Å². The Balaban J connectivity index is 1.49. The molecule has 8 heteroatoms. The fraction of sp³-hybridized carbons (Fsp3) is 0. The maximum atomic E-state index is 12.3. The van der Waals surface area contributed by atoms with E-state index in [1.165, 1.54) is 18.2 Å². The normalized spacial score (nSPS) is 11.0. The molecule has 29 heavy (non-hydrogen) atoms. The molecule has 0 aliphatic heterocycles. The van der Waals surface area contributed by atoms with Gasteiger partial charge in [-0.25, -0.2) is 5.43 Å². The molecule has 0 radical (unpaired) electrons. The molecule has 0 unspecified atom stereocenters. The predicted molar refractivity (Wildman–Crippen MR) is 110 cm³/mol. The van der Waals surface area contributed by atoms with Crippen LogP contribution in [0.25, 0.3) is 22.0 Å². The number of amides is 1. The highest BCUT2D eigenvalue weighted by molar-refractivity contribution is 6.00. The van der Waals surface area contributed by atoms with E-state index in [-0.39, 0.29) is 11.4 Å². The van der Waals surface area contributed by atoms with Gasteiger partial charge < -0.3 is 0 Å². The summed E-state index contributed by atoms with van der Waals surface area (Å²) in [4.78, 5) is 22.7. The monoisotopic (exact) mass is 385 g/mol. The van der Waals surface area contributed by atoms with Crippen molar-refractivity contribution in [1.29, 1.82) is 0 Å². The van der Waals surface area contributed by atoms with Gasteiger partial charge >= 0.3 is 0 Å². The number of fused-ring (bicyclic) bond motifs is 1. The molecule has 0 saturated carbocycles. The summed E-state index contributed by atoms with van der Waals surface area (Å²) < 4.78 is 0. The molecule has 4 rings (SSSR count). The third-order valence-corrected chi connectivity index (χ3v) is 4.37. The molecular formula is C21H15N5O3. The maximum absolute atomic E-state index is 12.3. The molecule has 1 heterocycles. The highest BCUT2D eigenvalue weighted by Crippen LogP contribution is 2.22. The average Bonchev–Trinajstić information content (AvgIpc) is 3.24. The first-order chi connectivity index (χ1) is 14.1. The number of hydrogen-bond donors (Lipinski definition) is 2. The molecular weight excluding hydrogens is 370 g/mol. The van der Waals surface area contributed by atoms with Crippen LogP contribution in [0.3, 0.4) is 0 Å². The number of H-pyrrole nitrogens is 1. The number of non-ortho nitro benzene ring substituents is 1. The highest BCUT2D eigenvalue weighted by atomic mass is 16.6. The molecule has 1 aromatic heterocycles. The van der Waals surface area contributed by atoms with Gasteiger partial charge in [-0.05, 0) is 16.8 Å². The molecule has 0 aliphatic rings. The van der Waals surface area contributed by atoms with Gasteiger partial charge in [0, 0.05) is 23.3 Å². The van der Waals surface area contributed by atoms with E-state index in [0.29, 0.717) is 11.3 Å². The first-order valence-electron chi connectivity index (χ1n) is 8.73. The first-order valence-corrected chi connectivity index (χ1v) is 8.73. The predicted octanol–water partition coefficient (Wildman–Crippen LogP) is 3.90. The Bertz CT molecular complexity index is 1240. The third-order valence-electron chi connectivity index (χ3n) is 4.37. The number of nitro benzene ring substituents is 1. The molecule has 0 bridgehead atoms. The van der Waals surface area contributed by atoms with E-state index in [9.17, 15) is 14.9 Å². The standard InChI is InChI=1S/C21H15N5O3/c27-21(25-22-13-16-8-3-6-14-5-1-2-10-18(14)16)20-12-19(23-24-20)15-7-4-9-17(11-15)26(28)29/h1-13H,(H,23,24)(H,25,27)/b22-13-. The number of aromatic amines is 1. The van der Waals surface area contributed by atoms with E-state index in [0.717, 1.165) is 16.3 Å². The van der Waals surface area contributed by atoms with E-state index >= 15 is 0 Å². The van der Waals surface area contributed by atoms with Crippen molar-refractivity contribution in [3.63, 3.8) is 0 Å². The quantitative estimate of drug-likeness (QED) is 0.308. The number of hydrogen-bond acceptors (Lipinski definition) is 5. The van der Waals surface area contributed by atoms with Crippen LogP contribution in [0.1, 0.15) is 16.1 Å². The van der Waals surface area contributed by atoms with Gasteiger partial charge in [-0.1, -0.05) is 54.6 Å². The number of carbonyl (C=O) groups excluding carboxylic acids is 1. The summed E-state index contributed by atoms with van der Waals surface area (Å²) >= 11 is 0. The molecule has 3 aromatic carbocycles. The van der Waals surface area contributed by atoms with E-state index in [4.69, 9.17) is 0 Å². The summed E-state index contributed by atoms with van der Waals surface area (Å²) in [6, 6.07) is 21.3. The second-order valence-electron chi connectivity index (χ2n) is 6.24. The summed E-state index contributed by atoms with van der Waals surface area (Å²) in [6.45, 7) is 0. The van der Waals surface area contributed by atoms with Crippen LogP contribution >= 0.6 is 0 Å². The first kappa shape index (κ1) is 18.1. The Morgan fingerprint density at radius 1 is 1.07 bits per heavy atom. The fourth-order valence-corrected chi connectivity index (χ4v) is 2.95. The van der Waals surface area contributed by atoms with Crippen molar-refractivity contribution in [2.75, 3.05) is 0 Å². The van der Waals surface area contributed by atoms with Crippen molar-refractivity contribution in [3.05, 3.63) is 94.2 Å². The topological polar surface area (TPSA) is 113 Å². The summed E-state index contributed by atoms with van der Waals surface area (Å²) in [5.41, 5.74) is 4.45. The van der Waals surface area contributed by atoms with Crippen LogP contribution in [-0.4, -0.2) is 27.2 Å². The lowest BCUT2D eigenvalue weighted by Gasteiger charge is -2.01.